The number of ether oxygens (including phenoxy) is 1. The third-order valence-electron chi connectivity index (χ3n) is 2.96. The third kappa shape index (κ3) is 3.56. The van der Waals surface area contributed by atoms with Crippen LogP contribution in [0.3, 0.4) is 0 Å². The van der Waals surface area contributed by atoms with Gasteiger partial charge in [-0.2, -0.15) is 12.6 Å². The fraction of sp³-hybridized carbons (Fsp3) is 0.462. The van der Waals surface area contributed by atoms with Crippen LogP contribution in [0.25, 0.3) is 0 Å². The second-order valence-electron chi connectivity index (χ2n) is 4.36. The van der Waals surface area contributed by atoms with Crippen molar-refractivity contribution in [3.63, 3.8) is 0 Å². The van der Waals surface area contributed by atoms with Gasteiger partial charge < -0.3 is 9.64 Å². The number of carbonyl (C=O) groups excluding carboxylic acids is 1. The Morgan fingerprint density at radius 2 is 2.17 bits per heavy atom. The summed E-state index contributed by atoms with van der Waals surface area (Å²) in [5.74, 6) is 0. The molecule has 1 amide bonds. The van der Waals surface area contributed by atoms with Crippen molar-refractivity contribution in [1.29, 1.82) is 0 Å². The predicted molar refractivity (Wildman–Crippen MR) is 75.2 cm³/mol. The molecule has 5 heteroatoms. The molecule has 2 unspecified atom stereocenters. The van der Waals surface area contributed by atoms with E-state index in [1.54, 1.807) is 4.90 Å². The van der Waals surface area contributed by atoms with Crippen molar-refractivity contribution in [2.45, 2.75) is 23.7 Å². The highest BCUT2D eigenvalue weighted by Gasteiger charge is 2.28. The summed E-state index contributed by atoms with van der Waals surface area (Å²) in [5, 5.41) is 0.0520. The second-order valence-corrected chi connectivity index (χ2v) is 5.58. The standard InChI is InChI=1S/C13H16ClNO2S/c14-11-6-7-15(8-12(11)18)13(16)17-9-10-4-2-1-3-5-10/h1-5,11-12,18H,6-9H2. The van der Waals surface area contributed by atoms with Gasteiger partial charge in [0.15, 0.2) is 0 Å². The number of hydrogen-bond donors (Lipinski definition) is 1. The Morgan fingerprint density at radius 3 is 2.83 bits per heavy atom. The van der Waals surface area contributed by atoms with Gasteiger partial charge in [-0.05, 0) is 12.0 Å². The van der Waals surface area contributed by atoms with E-state index in [-0.39, 0.29) is 16.7 Å². The first-order chi connectivity index (χ1) is 8.66. The average molecular weight is 286 g/mol. The van der Waals surface area contributed by atoms with E-state index in [9.17, 15) is 4.79 Å². The number of likely N-dealkylation sites (tertiary alicyclic amines) is 1. The first kappa shape index (κ1) is 13.6. The number of nitrogens with zero attached hydrogens (tertiary/aromatic N) is 1. The molecule has 0 bridgehead atoms. The lowest BCUT2D eigenvalue weighted by Gasteiger charge is -2.32. The molecule has 18 heavy (non-hydrogen) atoms. The van der Waals surface area contributed by atoms with Gasteiger partial charge in [-0.25, -0.2) is 4.79 Å². The van der Waals surface area contributed by atoms with Crippen LogP contribution in [0, 0.1) is 0 Å². The van der Waals surface area contributed by atoms with Gasteiger partial charge in [0, 0.05) is 23.7 Å². The second kappa shape index (κ2) is 6.34. The molecule has 0 N–H and O–H groups in total. The molecule has 1 aromatic rings. The Morgan fingerprint density at radius 1 is 1.44 bits per heavy atom. The smallest absolute Gasteiger partial charge is 0.410 e. The lowest BCUT2D eigenvalue weighted by atomic mass is 10.1. The lowest BCUT2D eigenvalue weighted by molar-refractivity contribution is 0.0908. The molecule has 3 nitrogen and oxygen atoms in total. The fourth-order valence-corrected chi connectivity index (χ4v) is 2.40. The highest BCUT2D eigenvalue weighted by Crippen LogP contribution is 2.21. The van der Waals surface area contributed by atoms with Crippen LogP contribution in [0.1, 0.15) is 12.0 Å². The molecule has 1 fully saturated rings. The van der Waals surface area contributed by atoms with E-state index >= 15 is 0 Å². The Kier molecular flexibility index (Phi) is 4.78. The van der Waals surface area contributed by atoms with E-state index in [1.807, 2.05) is 30.3 Å². The summed E-state index contributed by atoms with van der Waals surface area (Å²) in [5.41, 5.74) is 0.987. The molecule has 0 saturated carbocycles. The van der Waals surface area contributed by atoms with Gasteiger partial charge in [0.05, 0.1) is 0 Å². The molecular weight excluding hydrogens is 270 g/mol. The topological polar surface area (TPSA) is 29.5 Å². The Balaban J connectivity index is 1.82. The molecule has 0 radical (unpaired) electrons. The van der Waals surface area contributed by atoms with Crippen LogP contribution in [0.2, 0.25) is 0 Å². The van der Waals surface area contributed by atoms with Gasteiger partial charge in [0.1, 0.15) is 6.61 Å². The molecule has 2 rings (SSSR count). The lowest BCUT2D eigenvalue weighted by Crippen LogP contribution is -2.45. The van der Waals surface area contributed by atoms with Crippen molar-refractivity contribution in [2.75, 3.05) is 13.1 Å². The molecule has 2 atom stereocenters. The summed E-state index contributed by atoms with van der Waals surface area (Å²) in [6.07, 6.45) is 0.470. The summed E-state index contributed by atoms with van der Waals surface area (Å²) in [4.78, 5) is 13.5. The fourth-order valence-electron chi connectivity index (χ4n) is 1.88. The number of hydrogen-bond acceptors (Lipinski definition) is 3. The van der Waals surface area contributed by atoms with Crippen LogP contribution >= 0.6 is 24.2 Å². The predicted octanol–water partition coefficient (Wildman–Crippen LogP) is 2.93. The molecule has 98 valence electrons. The zero-order valence-electron chi connectivity index (χ0n) is 9.96. The minimum Gasteiger partial charge on any atom is -0.445 e. The van der Waals surface area contributed by atoms with Gasteiger partial charge in [-0.3, -0.25) is 0 Å². The highest BCUT2D eigenvalue weighted by atomic mass is 35.5. The number of piperidine rings is 1. The molecule has 1 saturated heterocycles. The number of amides is 1. The number of halogens is 1. The maximum absolute atomic E-state index is 11.9. The SMILES string of the molecule is O=C(OCc1ccccc1)N1CCC(Cl)C(S)C1. The van der Waals surface area contributed by atoms with Crippen molar-refractivity contribution in [1.82, 2.24) is 4.90 Å². The molecule has 1 heterocycles. The van der Waals surface area contributed by atoms with Crippen molar-refractivity contribution in [3.8, 4) is 0 Å². The quantitative estimate of drug-likeness (QED) is 0.669. The summed E-state index contributed by atoms with van der Waals surface area (Å²) in [6, 6.07) is 9.64. The molecule has 0 spiro atoms. The van der Waals surface area contributed by atoms with Crippen LogP contribution in [-0.4, -0.2) is 34.7 Å². The van der Waals surface area contributed by atoms with Crippen molar-refractivity contribution < 1.29 is 9.53 Å². The van der Waals surface area contributed by atoms with Gasteiger partial charge in [-0.1, -0.05) is 30.3 Å². The van der Waals surface area contributed by atoms with Gasteiger partial charge in [0.2, 0.25) is 0 Å². The van der Waals surface area contributed by atoms with E-state index < -0.39 is 0 Å². The zero-order valence-corrected chi connectivity index (χ0v) is 11.6. The molecule has 1 aliphatic rings. The highest BCUT2D eigenvalue weighted by molar-refractivity contribution is 7.81. The Hall–Kier alpha value is -0.870. The van der Waals surface area contributed by atoms with E-state index in [0.29, 0.717) is 19.7 Å². The van der Waals surface area contributed by atoms with Gasteiger partial charge >= 0.3 is 6.09 Å². The summed E-state index contributed by atoms with van der Waals surface area (Å²) in [6.45, 7) is 1.49. The molecule has 0 aliphatic carbocycles. The normalized spacial score (nSPS) is 23.8. The molecule has 1 aromatic carbocycles. The number of alkyl halides is 1. The van der Waals surface area contributed by atoms with Crippen LogP contribution in [-0.2, 0) is 11.3 Å². The number of thiol groups is 1. The zero-order chi connectivity index (χ0) is 13.0. The summed E-state index contributed by atoms with van der Waals surface area (Å²) >= 11 is 10.4. The maximum atomic E-state index is 11.9. The van der Waals surface area contributed by atoms with Gasteiger partial charge in [0.25, 0.3) is 0 Å². The van der Waals surface area contributed by atoms with Crippen molar-refractivity contribution in [3.05, 3.63) is 35.9 Å². The summed E-state index contributed by atoms with van der Waals surface area (Å²) < 4.78 is 5.26. The van der Waals surface area contributed by atoms with E-state index in [2.05, 4.69) is 12.6 Å². The minimum absolute atomic E-state index is 0.0182. The maximum Gasteiger partial charge on any atom is 0.410 e. The van der Waals surface area contributed by atoms with Crippen LogP contribution in [0.5, 0.6) is 0 Å². The largest absolute Gasteiger partial charge is 0.445 e. The van der Waals surface area contributed by atoms with E-state index in [0.717, 1.165) is 12.0 Å². The van der Waals surface area contributed by atoms with Crippen LogP contribution < -0.4 is 0 Å². The number of benzene rings is 1. The van der Waals surface area contributed by atoms with Crippen molar-refractivity contribution >= 4 is 30.3 Å². The van der Waals surface area contributed by atoms with E-state index in [1.165, 1.54) is 0 Å². The third-order valence-corrected chi connectivity index (χ3v) is 4.18. The van der Waals surface area contributed by atoms with Gasteiger partial charge in [-0.15, -0.1) is 11.6 Å². The van der Waals surface area contributed by atoms with Crippen molar-refractivity contribution in [2.24, 2.45) is 0 Å². The minimum atomic E-state index is -0.290. The molecule has 1 aliphatic heterocycles. The average Bonchev–Trinajstić information content (AvgIpc) is 2.40. The first-order valence-corrected chi connectivity index (χ1v) is 6.90. The number of carbonyl (C=O) groups is 1. The number of rotatable bonds is 2. The van der Waals surface area contributed by atoms with E-state index in [4.69, 9.17) is 16.3 Å². The summed E-state index contributed by atoms with van der Waals surface area (Å²) in [7, 11) is 0. The Bertz CT molecular complexity index is 401. The molecular formula is C13H16ClNO2S. The Labute approximate surface area is 117 Å². The first-order valence-electron chi connectivity index (χ1n) is 5.94. The molecule has 0 aromatic heterocycles. The van der Waals surface area contributed by atoms with Crippen LogP contribution in [0.4, 0.5) is 4.79 Å². The monoisotopic (exact) mass is 285 g/mol. The van der Waals surface area contributed by atoms with Crippen LogP contribution in [0.15, 0.2) is 30.3 Å².